The Bertz CT molecular complexity index is 961. The maximum Gasteiger partial charge on any atom is 0.243 e. The molecule has 0 heterocycles. The molecule has 2 rings (SSSR count). The Morgan fingerprint density at radius 1 is 1.14 bits per heavy atom. The number of sulfonamides is 1. The zero-order chi connectivity index (χ0) is 21.8. The first kappa shape index (κ1) is 23.0. The smallest absolute Gasteiger partial charge is 0.243 e. The van der Waals surface area contributed by atoms with E-state index in [1.54, 1.807) is 39.0 Å². The lowest BCUT2D eigenvalue weighted by molar-refractivity contribution is -0.122. The number of hydrogen-bond donors (Lipinski definition) is 1. The van der Waals surface area contributed by atoms with Crippen molar-refractivity contribution >= 4 is 33.2 Å². The van der Waals surface area contributed by atoms with Gasteiger partial charge in [-0.3, -0.25) is 9.10 Å². The first-order chi connectivity index (χ1) is 13.5. The maximum absolute atomic E-state index is 12.8. The summed E-state index contributed by atoms with van der Waals surface area (Å²) in [6.07, 6.45) is 1.07. The number of nitrogens with zero attached hydrogens (tertiary/aromatic N) is 1. The summed E-state index contributed by atoms with van der Waals surface area (Å²) in [6, 6.07) is 11.3. The van der Waals surface area contributed by atoms with E-state index in [1.165, 1.54) is 0 Å². The predicted octanol–water partition coefficient (Wildman–Crippen LogP) is 3.70. The van der Waals surface area contributed by atoms with Gasteiger partial charge in [-0.25, -0.2) is 8.42 Å². The third-order valence-electron chi connectivity index (χ3n) is 4.41. The van der Waals surface area contributed by atoms with Crippen LogP contribution in [0.1, 0.15) is 25.0 Å². The average molecular weight is 439 g/mol. The van der Waals surface area contributed by atoms with Crippen molar-refractivity contribution in [3.8, 4) is 5.75 Å². The first-order valence-electron chi connectivity index (χ1n) is 9.24. The van der Waals surface area contributed by atoms with Gasteiger partial charge in [-0.15, -0.1) is 0 Å². The van der Waals surface area contributed by atoms with E-state index in [9.17, 15) is 13.2 Å². The zero-order valence-electron chi connectivity index (χ0n) is 17.3. The quantitative estimate of drug-likeness (QED) is 0.681. The third-order valence-corrected chi connectivity index (χ3v) is 5.87. The minimum Gasteiger partial charge on any atom is -0.491 e. The molecule has 1 amide bonds. The Hall–Kier alpha value is -2.25. The van der Waals surface area contributed by atoms with Crippen molar-refractivity contribution in [3.05, 3.63) is 58.6 Å². The van der Waals surface area contributed by atoms with Crippen molar-refractivity contribution < 1.29 is 17.9 Å². The van der Waals surface area contributed by atoms with Crippen LogP contribution in [-0.4, -0.2) is 39.3 Å². The van der Waals surface area contributed by atoms with E-state index in [0.717, 1.165) is 16.1 Å². The molecule has 29 heavy (non-hydrogen) atoms. The van der Waals surface area contributed by atoms with Gasteiger partial charge in [0.2, 0.25) is 15.9 Å². The number of anilines is 1. The van der Waals surface area contributed by atoms with Crippen molar-refractivity contribution in [2.75, 3.05) is 17.2 Å². The van der Waals surface area contributed by atoms with E-state index in [0.29, 0.717) is 22.0 Å². The number of aryl methyl sites for hydroxylation is 2. The minimum absolute atomic E-state index is 0.261. The lowest BCUT2D eigenvalue weighted by Gasteiger charge is -2.30. The van der Waals surface area contributed by atoms with Crippen LogP contribution in [0.3, 0.4) is 0 Å². The number of carbonyl (C=O) groups excluding carboxylic acids is 1. The second kappa shape index (κ2) is 9.50. The summed E-state index contributed by atoms with van der Waals surface area (Å²) in [5.41, 5.74) is 2.21. The molecule has 2 atom stereocenters. The second-order valence-corrected chi connectivity index (χ2v) is 9.50. The first-order valence-corrected chi connectivity index (χ1v) is 11.5. The van der Waals surface area contributed by atoms with Crippen LogP contribution in [-0.2, 0) is 14.8 Å². The fraction of sp³-hybridized carbons (Fsp3) is 0.381. The van der Waals surface area contributed by atoms with Crippen LogP contribution >= 0.6 is 11.6 Å². The van der Waals surface area contributed by atoms with Gasteiger partial charge >= 0.3 is 0 Å². The second-order valence-electron chi connectivity index (χ2n) is 7.20. The van der Waals surface area contributed by atoms with E-state index in [4.69, 9.17) is 16.3 Å². The van der Waals surface area contributed by atoms with Crippen LogP contribution in [0, 0.1) is 13.8 Å². The van der Waals surface area contributed by atoms with Gasteiger partial charge in [-0.2, -0.15) is 0 Å². The monoisotopic (exact) mass is 438 g/mol. The molecule has 0 aliphatic rings. The normalized spacial score (nSPS) is 13.4. The average Bonchev–Trinajstić information content (AvgIpc) is 2.63. The number of nitrogens with one attached hydrogen (secondary N) is 1. The summed E-state index contributed by atoms with van der Waals surface area (Å²) in [5.74, 6) is 0.284. The number of rotatable bonds is 8. The predicted molar refractivity (Wildman–Crippen MR) is 117 cm³/mol. The van der Waals surface area contributed by atoms with E-state index >= 15 is 0 Å². The number of ether oxygens (including phenoxy) is 1. The van der Waals surface area contributed by atoms with Crippen molar-refractivity contribution in [3.63, 3.8) is 0 Å². The van der Waals surface area contributed by atoms with Gasteiger partial charge in [0.1, 0.15) is 18.4 Å². The van der Waals surface area contributed by atoms with E-state index in [1.807, 2.05) is 31.2 Å². The van der Waals surface area contributed by atoms with Crippen molar-refractivity contribution in [2.45, 2.75) is 39.8 Å². The molecule has 2 aromatic carbocycles. The van der Waals surface area contributed by atoms with E-state index < -0.39 is 22.0 Å². The topological polar surface area (TPSA) is 75.7 Å². The molecule has 1 N–H and O–H groups in total. The molecule has 0 saturated heterocycles. The van der Waals surface area contributed by atoms with E-state index in [-0.39, 0.29) is 12.6 Å². The molecule has 2 aromatic rings. The molecular formula is C21H27ClN2O4S. The standard InChI is InChI=1S/C21H27ClN2O4S/c1-14-6-10-19(11-7-14)28-13-16(3)23-21(25)17(4)24(29(5,26)27)20-12-18(22)9-8-15(20)2/h6-12,16-17H,13H2,1-5H3,(H,23,25)/t16-,17-/m1/s1. The fourth-order valence-electron chi connectivity index (χ4n) is 2.86. The Morgan fingerprint density at radius 3 is 2.34 bits per heavy atom. The highest BCUT2D eigenvalue weighted by Gasteiger charge is 2.30. The van der Waals surface area contributed by atoms with Crippen LogP contribution in [0.25, 0.3) is 0 Å². The lowest BCUT2D eigenvalue weighted by Crippen LogP contribution is -2.51. The van der Waals surface area contributed by atoms with Gasteiger partial charge in [-0.05, 0) is 57.5 Å². The lowest BCUT2D eigenvalue weighted by atomic mass is 10.1. The molecule has 0 aliphatic heterocycles. The Labute approximate surface area is 177 Å². The molecule has 0 radical (unpaired) electrons. The van der Waals surface area contributed by atoms with Crippen LogP contribution in [0.2, 0.25) is 5.02 Å². The van der Waals surface area contributed by atoms with Crippen LogP contribution < -0.4 is 14.4 Å². The van der Waals surface area contributed by atoms with Crippen LogP contribution in [0.4, 0.5) is 5.69 Å². The molecule has 0 aliphatic carbocycles. The molecule has 0 aromatic heterocycles. The van der Waals surface area contributed by atoms with Gasteiger partial charge in [0.25, 0.3) is 0 Å². The molecule has 0 spiro atoms. The molecule has 0 bridgehead atoms. The summed E-state index contributed by atoms with van der Waals surface area (Å²) in [7, 11) is -3.71. The zero-order valence-corrected chi connectivity index (χ0v) is 18.8. The summed E-state index contributed by atoms with van der Waals surface area (Å²) in [5, 5.41) is 3.21. The largest absolute Gasteiger partial charge is 0.491 e. The number of amides is 1. The SMILES string of the molecule is Cc1ccc(OC[C@@H](C)NC(=O)[C@@H](C)N(c2cc(Cl)ccc2C)S(C)(=O)=O)cc1. The molecule has 0 saturated carbocycles. The van der Waals surface area contributed by atoms with Crippen molar-refractivity contribution in [1.29, 1.82) is 0 Å². The summed E-state index contributed by atoms with van der Waals surface area (Å²) >= 11 is 6.05. The molecule has 0 unspecified atom stereocenters. The molecule has 6 nitrogen and oxygen atoms in total. The Balaban J connectivity index is 2.10. The third kappa shape index (κ3) is 6.37. The minimum atomic E-state index is -3.71. The summed E-state index contributed by atoms with van der Waals surface area (Å²) in [4.78, 5) is 12.8. The van der Waals surface area contributed by atoms with Crippen molar-refractivity contribution in [2.24, 2.45) is 0 Å². The molecule has 158 valence electrons. The molecular weight excluding hydrogens is 412 g/mol. The van der Waals surface area contributed by atoms with E-state index in [2.05, 4.69) is 5.32 Å². The highest BCUT2D eigenvalue weighted by Crippen LogP contribution is 2.28. The van der Waals surface area contributed by atoms with Gasteiger partial charge in [-0.1, -0.05) is 35.4 Å². The number of halogens is 1. The maximum atomic E-state index is 12.8. The summed E-state index contributed by atoms with van der Waals surface area (Å²) < 4.78 is 31.7. The fourth-order valence-corrected chi connectivity index (χ4v) is 4.25. The molecule has 0 fully saturated rings. The van der Waals surface area contributed by atoms with Crippen molar-refractivity contribution in [1.82, 2.24) is 5.32 Å². The van der Waals surface area contributed by atoms with Gasteiger partial charge in [0.15, 0.2) is 0 Å². The summed E-state index contributed by atoms with van der Waals surface area (Å²) in [6.45, 7) is 7.37. The Kier molecular flexibility index (Phi) is 7.54. The van der Waals surface area contributed by atoms with Crippen LogP contribution in [0.15, 0.2) is 42.5 Å². The van der Waals surface area contributed by atoms with Gasteiger partial charge in [0.05, 0.1) is 18.0 Å². The highest BCUT2D eigenvalue weighted by molar-refractivity contribution is 7.92. The molecule has 8 heteroatoms. The number of benzene rings is 2. The van der Waals surface area contributed by atoms with Crippen LogP contribution in [0.5, 0.6) is 5.75 Å². The number of hydrogen-bond acceptors (Lipinski definition) is 4. The Morgan fingerprint density at radius 2 is 1.76 bits per heavy atom. The highest BCUT2D eigenvalue weighted by atomic mass is 35.5. The van der Waals surface area contributed by atoms with Gasteiger partial charge < -0.3 is 10.1 Å². The van der Waals surface area contributed by atoms with Gasteiger partial charge in [0, 0.05) is 5.02 Å². The number of carbonyl (C=O) groups is 1.